The van der Waals surface area contributed by atoms with Gasteiger partial charge in [-0.05, 0) is 24.0 Å². The standard InChI is InChI=1S/C7H5BF2/c1-4-2-3-5(9)6(8)7(4)10/h2-3H,1H3. The number of hydrogen-bond donors (Lipinski definition) is 0. The first-order valence-electron chi connectivity index (χ1n) is 2.83. The largest absolute Gasteiger partial charge is 0.208 e. The van der Waals surface area contributed by atoms with Crippen LogP contribution in [0, 0.1) is 18.6 Å². The summed E-state index contributed by atoms with van der Waals surface area (Å²) in [6.45, 7) is 1.53. The molecule has 0 atom stereocenters. The van der Waals surface area contributed by atoms with Gasteiger partial charge in [0.2, 0.25) is 0 Å². The van der Waals surface area contributed by atoms with Crippen LogP contribution in [0.5, 0.6) is 0 Å². The molecule has 0 saturated heterocycles. The number of benzene rings is 1. The molecule has 1 rings (SSSR count). The summed E-state index contributed by atoms with van der Waals surface area (Å²) in [5, 5.41) is 0. The van der Waals surface area contributed by atoms with Gasteiger partial charge in [-0.3, -0.25) is 0 Å². The van der Waals surface area contributed by atoms with Gasteiger partial charge in [-0.25, -0.2) is 8.78 Å². The fourth-order valence-corrected chi connectivity index (χ4v) is 0.678. The Balaban J connectivity index is 3.34. The summed E-state index contributed by atoms with van der Waals surface area (Å²) in [6, 6.07) is 2.49. The van der Waals surface area contributed by atoms with Crippen molar-refractivity contribution in [3.05, 3.63) is 29.3 Å². The van der Waals surface area contributed by atoms with Crippen LogP contribution in [-0.4, -0.2) is 7.85 Å². The molecule has 10 heavy (non-hydrogen) atoms. The topological polar surface area (TPSA) is 0 Å². The average molecular weight is 138 g/mol. The molecule has 0 bridgehead atoms. The first kappa shape index (κ1) is 7.25. The van der Waals surface area contributed by atoms with Crippen molar-refractivity contribution in [2.45, 2.75) is 6.92 Å². The van der Waals surface area contributed by atoms with Gasteiger partial charge in [-0.15, -0.1) is 0 Å². The van der Waals surface area contributed by atoms with Crippen molar-refractivity contribution in [3.63, 3.8) is 0 Å². The van der Waals surface area contributed by atoms with Gasteiger partial charge in [0.15, 0.2) is 0 Å². The van der Waals surface area contributed by atoms with Crippen molar-refractivity contribution in [3.8, 4) is 0 Å². The van der Waals surface area contributed by atoms with Crippen molar-refractivity contribution in [1.82, 2.24) is 0 Å². The summed E-state index contributed by atoms with van der Waals surface area (Å²) in [5.74, 6) is -1.37. The van der Waals surface area contributed by atoms with Gasteiger partial charge in [-0.1, -0.05) is 6.07 Å². The Bertz CT molecular complexity index is 231. The maximum Gasteiger partial charge on any atom is 0.122 e. The summed E-state index contributed by atoms with van der Waals surface area (Å²) in [7, 11) is 5.03. The van der Waals surface area contributed by atoms with E-state index in [-0.39, 0.29) is 0 Å². The molecule has 0 nitrogen and oxygen atoms in total. The van der Waals surface area contributed by atoms with E-state index in [1.54, 1.807) is 0 Å². The number of halogens is 2. The van der Waals surface area contributed by atoms with Crippen LogP contribution in [-0.2, 0) is 0 Å². The molecular formula is C7H5BF2. The Morgan fingerprint density at radius 1 is 1.30 bits per heavy atom. The van der Waals surface area contributed by atoms with Gasteiger partial charge < -0.3 is 0 Å². The van der Waals surface area contributed by atoms with Crippen molar-refractivity contribution >= 4 is 13.3 Å². The molecule has 1 aromatic rings. The quantitative estimate of drug-likeness (QED) is 0.470. The molecular weight excluding hydrogens is 133 g/mol. The Morgan fingerprint density at radius 3 is 2.40 bits per heavy atom. The lowest BCUT2D eigenvalue weighted by molar-refractivity contribution is 0.592. The van der Waals surface area contributed by atoms with Crippen LogP contribution in [0.3, 0.4) is 0 Å². The minimum Gasteiger partial charge on any atom is -0.208 e. The number of hydrogen-bond acceptors (Lipinski definition) is 0. The highest BCUT2D eigenvalue weighted by Gasteiger charge is 2.04. The van der Waals surface area contributed by atoms with E-state index >= 15 is 0 Å². The molecule has 0 spiro atoms. The lowest BCUT2D eigenvalue weighted by Gasteiger charge is -2.00. The summed E-state index contributed by atoms with van der Waals surface area (Å²) < 4.78 is 25.0. The predicted octanol–water partition coefficient (Wildman–Crippen LogP) is 1.07. The molecule has 0 fully saturated rings. The zero-order chi connectivity index (χ0) is 7.72. The molecule has 50 valence electrons. The molecule has 0 aliphatic heterocycles. The minimum absolute atomic E-state index is 0.360. The highest BCUT2D eigenvalue weighted by atomic mass is 19.1. The molecule has 1 aromatic carbocycles. The second kappa shape index (κ2) is 2.41. The fourth-order valence-electron chi connectivity index (χ4n) is 0.678. The molecule has 0 N–H and O–H groups in total. The molecule has 3 heteroatoms. The lowest BCUT2D eigenvalue weighted by Crippen LogP contribution is -2.14. The van der Waals surface area contributed by atoms with E-state index in [0.717, 1.165) is 6.07 Å². The van der Waals surface area contributed by atoms with E-state index in [4.69, 9.17) is 7.85 Å². The number of rotatable bonds is 0. The highest BCUT2D eigenvalue weighted by molar-refractivity contribution is 6.32. The molecule has 0 saturated carbocycles. The van der Waals surface area contributed by atoms with E-state index in [2.05, 4.69) is 0 Å². The molecule has 0 heterocycles. The smallest absolute Gasteiger partial charge is 0.122 e. The predicted molar refractivity (Wildman–Crippen MR) is 36.5 cm³/mol. The first-order valence-corrected chi connectivity index (χ1v) is 2.83. The van der Waals surface area contributed by atoms with Crippen LogP contribution in [0.4, 0.5) is 8.78 Å². The summed E-state index contributed by atoms with van der Waals surface area (Å²) >= 11 is 0. The molecule has 0 aromatic heterocycles. The van der Waals surface area contributed by atoms with Crippen LogP contribution in [0.25, 0.3) is 0 Å². The van der Waals surface area contributed by atoms with Crippen LogP contribution in [0.1, 0.15) is 5.56 Å². The SMILES string of the molecule is [B]c1c(F)ccc(C)c1F. The molecule has 0 unspecified atom stereocenters. The van der Waals surface area contributed by atoms with Gasteiger partial charge in [0.25, 0.3) is 0 Å². The van der Waals surface area contributed by atoms with Crippen molar-refractivity contribution in [2.24, 2.45) is 0 Å². The van der Waals surface area contributed by atoms with Gasteiger partial charge in [-0.2, -0.15) is 0 Å². The first-order chi connectivity index (χ1) is 4.63. The van der Waals surface area contributed by atoms with Crippen molar-refractivity contribution < 1.29 is 8.78 Å². The normalized spacial score (nSPS) is 9.90. The third-order valence-corrected chi connectivity index (χ3v) is 1.32. The van der Waals surface area contributed by atoms with Crippen molar-refractivity contribution in [1.29, 1.82) is 0 Å². The Hall–Kier alpha value is -0.855. The number of aryl methyl sites for hydroxylation is 1. The van der Waals surface area contributed by atoms with Gasteiger partial charge in [0.05, 0.1) is 0 Å². The second-order valence-corrected chi connectivity index (χ2v) is 2.09. The second-order valence-electron chi connectivity index (χ2n) is 2.09. The van der Waals surface area contributed by atoms with E-state index in [1.807, 2.05) is 0 Å². The Morgan fingerprint density at radius 2 is 1.90 bits per heavy atom. The molecule has 0 amide bonds. The van der Waals surface area contributed by atoms with Crippen LogP contribution < -0.4 is 5.46 Å². The third-order valence-electron chi connectivity index (χ3n) is 1.32. The molecule has 0 aliphatic carbocycles. The van der Waals surface area contributed by atoms with E-state index in [0.29, 0.717) is 5.56 Å². The molecule has 0 aliphatic rings. The van der Waals surface area contributed by atoms with E-state index in [1.165, 1.54) is 13.0 Å². The zero-order valence-corrected chi connectivity index (χ0v) is 5.49. The summed E-state index contributed by atoms with van der Waals surface area (Å²) in [5.41, 5.74) is -0.0427. The zero-order valence-electron chi connectivity index (χ0n) is 5.49. The van der Waals surface area contributed by atoms with Gasteiger partial charge in [0, 0.05) is 0 Å². The van der Waals surface area contributed by atoms with E-state index < -0.39 is 17.1 Å². The minimum atomic E-state index is -0.705. The fraction of sp³-hybridized carbons (Fsp3) is 0.143. The van der Waals surface area contributed by atoms with Crippen LogP contribution in [0.2, 0.25) is 0 Å². The van der Waals surface area contributed by atoms with Crippen LogP contribution >= 0.6 is 0 Å². The summed E-state index contributed by atoms with van der Waals surface area (Å²) in [4.78, 5) is 0. The maximum absolute atomic E-state index is 12.6. The summed E-state index contributed by atoms with van der Waals surface area (Å²) in [6.07, 6.45) is 0. The Kier molecular flexibility index (Phi) is 1.75. The third kappa shape index (κ3) is 1.04. The van der Waals surface area contributed by atoms with Crippen LogP contribution in [0.15, 0.2) is 12.1 Å². The Labute approximate surface area is 59.3 Å². The van der Waals surface area contributed by atoms with Gasteiger partial charge >= 0.3 is 0 Å². The molecule has 2 radical (unpaired) electrons. The highest BCUT2D eigenvalue weighted by Crippen LogP contribution is 2.03. The average Bonchev–Trinajstić information content (AvgIpc) is 1.93. The maximum atomic E-state index is 12.6. The van der Waals surface area contributed by atoms with E-state index in [9.17, 15) is 8.78 Å². The van der Waals surface area contributed by atoms with Crippen molar-refractivity contribution in [2.75, 3.05) is 0 Å². The monoisotopic (exact) mass is 138 g/mol. The van der Waals surface area contributed by atoms with Gasteiger partial charge in [0.1, 0.15) is 19.5 Å². The lowest BCUT2D eigenvalue weighted by atomic mass is 9.93.